The molecule has 0 spiro atoms. The molecule has 8 nitrogen and oxygen atoms in total. The minimum atomic E-state index is -0.708. The van der Waals surface area contributed by atoms with Crippen LogP contribution in [0.5, 0.6) is 11.9 Å². The first-order valence-electron chi connectivity index (χ1n) is 9.07. The number of hydrogen-bond donors (Lipinski definition) is 1. The van der Waals surface area contributed by atoms with Gasteiger partial charge in [-0.25, -0.2) is 14.6 Å². The summed E-state index contributed by atoms with van der Waals surface area (Å²) in [6, 6.07) is 0.252. The van der Waals surface area contributed by atoms with Crippen LogP contribution in [0, 0.1) is 11.8 Å². The Hall–Kier alpha value is -2.48. The van der Waals surface area contributed by atoms with E-state index in [1.807, 2.05) is 24.7 Å². The zero-order valence-corrected chi connectivity index (χ0v) is 16.3. The van der Waals surface area contributed by atoms with E-state index in [-0.39, 0.29) is 17.3 Å². The highest BCUT2D eigenvalue weighted by Crippen LogP contribution is 2.58. The van der Waals surface area contributed by atoms with Gasteiger partial charge in [0, 0.05) is 30.4 Å². The molecule has 0 saturated heterocycles. The second-order valence-electron chi connectivity index (χ2n) is 8.12. The van der Waals surface area contributed by atoms with Gasteiger partial charge in [0.05, 0.1) is 31.1 Å². The summed E-state index contributed by atoms with van der Waals surface area (Å²) in [6.45, 7) is 5.96. The van der Waals surface area contributed by atoms with Crippen molar-refractivity contribution in [3.05, 3.63) is 30.0 Å². The van der Waals surface area contributed by atoms with E-state index in [2.05, 4.69) is 21.9 Å². The predicted octanol–water partition coefficient (Wildman–Crippen LogP) is 2.01. The lowest BCUT2D eigenvalue weighted by Gasteiger charge is -2.34. The van der Waals surface area contributed by atoms with Crippen LogP contribution in [0.3, 0.4) is 0 Å². The third kappa shape index (κ3) is 2.88. The van der Waals surface area contributed by atoms with Crippen molar-refractivity contribution in [2.24, 2.45) is 16.9 Å². The highest BCUT2D eigenvalue weighted by molar-refractivity contribution is 6.03. The topological polar surface area (TPSA) is 94.7 Å². The quantitative estimate of drug-likeness (QED) is 0.864. The van der Waals surface area contributed by atoms with Crippen LogP contribution < -0.4 is 9.47 Å². The smallest absolute Gasteiger partial charge is 0.319 e. The van der Waals surface area contributed by atoms with Crippen LogP contribution >= 0.6 is 0 Å². The average molecular weight is 371 g/mol. The molecule has 1 aliphatic carbocycles. The van der Waals surface area contributed by atoms with Gasteiger partial charge in [0.2, 0.25) is 5.88 Å². The zero-order valence-electron chi connectivity index (χ0n) is 16.3. The number of nitrogens with zero attached hydrogens (tertiary/aromatic N) is 5. The van der Waals surface area contributed by atoms with Crippen molar-refractivity contribution < 1.29 is 14.6 Å². The van der Waals surface area contributed by atoms with Gasteiger partial charge in [-0.15, -0.1) is 0 Å². The summed E-state index contributed by atoms with van der Waals surface area (Å²) in [6.07, 6.45) is 6.95. The third-order valence-electron chi connectivity index (χ3n) is 5.83. The van der Waals surface area contributed by atoms with Gasteiger partial charge in [0.25, 0.3) is 0 Å². The number of ether oxygens (including phenoxy) is 2. The Morgan fingerprint density at radius 3 is 2.67 bits per heavy atom. The van der Waals surface area contributed by atoms with Crippen molar-refractivity contribution in [2.45, 2.75) is 44.6 Å². The molecular weight excluding hydrogens is 346 g/mol. The third-order valence-corrected chi connectivity index (χ3v) is 5.83. The van der Waals surface area contributed by atoms with Gasteiger partial charge in [-0.05, 0) is 32.1 Å². The molecular formula is C19H25N5O3. The van der Waals surface area contributed by atoms with E-state index in [1.54, 1.807) is 19.5 Å². The maximum absolute atomic E-state index is 10.5. The normalized spacial score (nSPS) is 27.0. The van der Waals surface area contributed by atoms with E-state index in [1.165, 1.54) is 7.11 Å². The second kappa shape index (κ2) is 6.02. The number of rotatable bonds is 5. The molecule has 4 rings (SSSR count). The summed E-state index contributed by atoms with van der Waals surface area (Å²) < 4.78 is 12.4. The Labute approximate surface area is 158 Å². The maximum Gasteiger partial charge on any atom is 0.319 e. The van der Waals surface area contributed by atoms with Crippen LogP contribution in [0.1, 0.15) is 45.0 Å². The van der Waals surface area contributed by atoms with Crippen LogP contribution in [-0.2, 0) is 5.41 Å². The van der Waals surface area contributed by atoms with Gasteiger partial charge < -0.3 is 14.6 Å². The van der Waals surface area contributed by atoms with E-state index in [0.29, 0.717) is 18.2 Å². The fourth-order valence-electron chi connectivity index (χ4n) is 4.31. The van der Waals surface area contributed by atoms with Gasteiger partial charge in [-0.1, -0.05) is 6.92 Å². The molecule has 8 heteroatoms. The van der Waals surface area contributed by atoms with E-state index >= 15 is 0 Å². The van der Waals surface area contributed by atoms with E-state index < -0.39 is 5.60 Å². The molecule has 1 saturated carbocycles. The number of imidazole rings is 1. The van der Waals surface area contributed by atoms with Crippen LogP contribution in [0.25, 0.3) is 0 Å². The van der Waals surface area contributed by atoms with Crippen molar-refractivity contribution in [3.63, 3.8) is 0 Å². The molecule has 3 atom stereocenters. The molecule has 2 aromatic rings. The van der Waals surface area contributed by atoms with Crippen molar-refractivity contribution in [1.82, 2.24) is 19.6 Å². The summed E-state index contributed by atoms with van der Waals surface area (Å²) in [5.74, 6) is 1.92. The molecule has 1 fully saturated rings. The first-order valence-corrected chi connectivity index (χ1v) is 9.07. The van der Waals surface area contributed by atoms with Crippen LogP contribution in [0.4, 0.5) is 0 Å². The van der Waals surface area contributed by atoms with Crippen LogP contribution in [0.15, 0.2) is 23.7 Å². The minimum Gasteiger partial charge on any atom is -0.480 e. The molecule has 0 radical (unpaired) electrons. The Kier molecular flexibility index (Phi) is 3.99. The summed E-state index contributed by atoms with van der Waals surface area (Å²) in [5.41, 5.74) is 0.630. The summed E-state index contributed by atoms with van der Waals surface area (Å²) >= 11 is 0. The lowest BCUT2D eigenvalue weighted by atomic mass is 9.75. The highest BCUT2D eigenvalue weighted by atomic mass is 16.5. The Morgan fingerprint density at radius 1 is 1.26 bits per heavy atom. The van der Waals surface area contributed by atoms with E-state index in [9.17, 15) is 5.11 Å². The molecule has 1 aliphatic heterocycles. The van der Waals surface area contributed by atoms with Gasteiger partial charge in [0.15, 0.2) is 0 Å². The van der Waals surface area contributed by atoms with E-state index in [0.717, 1.165) is 23.5 Å². The monoisotopic (exact) mass is 371 g/mol. The number of aromatic nitrogens is 4. The number of aliphatic hydroxyl groups is 1. The molecule has 1 unspecified atom stereocenters. The first-order chi connectivity index (χ1) is 12.8. The van der Waals surface area contributed by atoms with Crippen molar-refractivity contribution in [3.8, 4) is 11.9 Å². The SMILES string of the molecule is COc1ncc(C2=Nn3ccnc3C(C)([C@@H]3C[C@H]3C(C)(C)O)C2)c(OC)n1. The summed E-state index contributed by atoms with van der Waals surface area (Å²) in [7, 11) is 3.09. The largest absolute Gasteiger partial charge is 0.480 e. The first kappa shape index (κ1) is 17.9. The van der Waals surface area contributed by atoms with Crippen LogP contribution in [-0.4, -0.2) is 50.3 Å². The molecule has 0 aromatic carbocycles. The molecule has 2 aliphatic rings. The molecule has 0 amide bonds. The number of hydrogen-bond acceptors (Lipinski definition) is 7. The molecule has 2 aromatic heterocycles. The lowest BCUT2D eigenvalue weighted by molar-refractivity contribution is 0.0452. The molecule has 27 heavy (non-hydrogen) atoms. The Bertz CT molecular complexity index is 901. The Morgan fingerprint density at radius 2 is 2.04 bits per heavy atom. The van der Waals surface area contributed by atoms with E-state index in [4.69, 9.17) is 14.6 Å². The average Bonchev–Trinajstić information content (AvgIpc) is 3.34. The molecule has 144 valence electrons. The fourth-order valence-corrected chi connectivity index (χ4v) is 4.31. The van der Waals surface area contributed by atoms with Gasteiger partial charge in [-0.2, -0.15) is 10.1 Å². The molecule has 3 heterocycles. The Balaban J connectivity index is 1.76. The van der Waals surface area contributed by atoms with Crippen molar-refractivity contribution in [2.75, 3.05) is 14.2 Å². The van der Waals surface area contributed by atoms with Crippen LogP contribution in [0.2, 0.25) is 0 Å². The summed E-state index contributed by atoms with van der Waals surface area (Å²) in [5, 5.41) is 15.2. The number of fused-ring (bicyclic) bond motifs is 1. The highest BCUT2D eigenvalue weighted by Gasteiger charge is 2.58. The standard InChI is InChI=1S/C19H25N5O3/c1-18(2,25)12-8-13(12)19(3)9-14(23-24-7-6-20-16(19)24)11-10-21-17(27-5)22-15(11)26-4/h6-7,10,12-13,25H,8-9H2,1-5H3/t12-,13-,19?/m1/s1. The molecule has 0 bridgehead atoms. The van der Waals surface area contributed by atoms with Gasteiger partial charge in [0.1, 0.15) is 5.82 Å². The molecule has 1 N–H and O–H groups in total. The summed E-state index contributed by atoms with van der Waals surface area (Å²) in [4.78, 5) is 13.1. The van der Waals surface area contributed by atoms with Gasteiger partial charge >= 0.3 is 6.01 Å². The van der Waals surface area contributed by atoms with Gasteiger partial charge in [-0.3, -0.25) is 0 Å². The zero-order chi connectivity index (χ0) is 19.4. The second-order valence-corrected chi connectivity index (χ2v) is 8.12. The number of methoxy groups -OCH3 is 2. The maximum atomic E-state index is 10.5. The lowest BCUT2D eigenvalue weighted by Crippen LogP contribution is -2.38. The van der Waals surface area contributed by atoms with Crippen molar-refractivity contribution >= 4 is 5.71 Å². The van der Waals surface area contributed by atoms with Crippen molar-refractivity contribution in [1.29, 1.82) is 0 Å². The predicted molar refractivity (Wildman–Crippen MR) is 99.2 cm³/mol. The minimum absolute atomic E-state index is 0.237. The fraction of sp³-hybridized carbons (Fsp3) is 0.579.